The van der Waals surface area contributed by atoms with Crippen molar-refractivity contribution in [1.82, 2.24) is 9.29 Å². The Morgan fingerprint density at radius 2 is 2.00 bits per heavy atom. The van der Waals surface area contributed by atoms with Crippen molar-refractivity contribution in [2.45, 2.75) is 24.4 Å². The Labute approximate surface area is 118 Å². The molecule has 106 valence electrons. The number of nitrogens with zero attached hydrogens (tertiary/aromatic N) is 1. The number of hydrogen-bond donors (Lipinski definition) is 2. The minimum absolute atomic E-state index is 0.289. The second-order valence-corrected chi connectivity index (χ2v) is 6.86. The molecule has 20 heavy (non-hydrogen) atoms. The Morgan fingerprint density at radius 3 is 2.70 bits per heavy atom. The van der Waals surface area contributed by atoms with Crippen LogP contribution in [0.5, 0.6) is 0 Å². The smallest absolute Gasteiger partial charge is 0.244 e. The number of hydrogen-bond acceptors (Lipinski definition) is 3. The van der Waals surface area contributed by atoms with Gasteiger partial charge in [0, 0.05) is 31.5 Å². The largest absolute Gasteiger partial charge is 0.363 e. The van der Waals surface area contributed by atoms with Crippen molar-refractivity contribution >= 4 is 10.0 Å². The first-order valence-corrected chi connectivity index (χ1v) is 7.99. The van der Waals surface area contributed by atoms with Crippen molar-refractivity contribution in [3.63, 3.8) is 0 Å². The summed E-state index contributed by atoms with van der Waals surface area (Å²) in [6.45, 7) is 1.25. The van der Waals surface area contributed by atoms with Crippen LogP contribution in [0.25, 0.3) is 0 Å². The highest BCUT2D eigenvalue weighted by Gasteiger charge is 2.28. The Morgan fingerprint density at radius 1 is 1.25 bits per heavy atom. The summed E-state index contributed by atoms with van der Waals surface area (Å²) in [7, 11) is -3.45. The van der Waals surface area contributed by atoms with Crippen LogP contribution in [-0.2, 0) is 29.5 Å². The molecule has 1 aromatic heterocycles. The highest BCUT2D eigenvalue weighted by atomic mass is 32.2. The lowest BCUT2D eigenvalue weighted by Crippen LogP contribution is -2.35. The van der Waals surface area contributed by atoms with Gasteiger partial charge in [0.15, 0.2) is 0 Å². The van der Waals surface area contributed by atoms with Gasteiger partial charge in [-0.3, -0.25) is 0 Å². The monoisotopic (exact) mass is 291 g/mol. The van der Waals surface area contributed by atoms with Crippen LogP contribution < -0.4 is 5.73 Å². The summed E-state index contributed by atoms with van der Waals surface area (Å²) in [6.07, 6.45) is 2.27. The predicted octanol–water partition coefficient (Wildman–Crippen LogP) is 1.22. The molecule has 3 N–H and O–H groups in total. The summed E-state index contributed by atoms with van der Waals surface area (Å²) in [5.41, 5.74) is 8.54. The zero-order valence-electron chi connectivity index (χ0n) is 11.0. The van der Waals surface area contributed by atoms with E-state index in [1.165, 1.54) is 16.1 Å². The molecule has 1 aliphatic heterocycles. The van der Waals surface area contributed by atoms with Crippen LogP contribution in [0, 0.1) is 0 Å². The SMILES string of the molecule is NCc1cc(S(=O)(=O)N2CCc3ccccc3C2)c[nH]1. The highest BCUT2D eigenvalue weighted by molar-refractivity contribution is 7.89. The Kier molecular flexibility index (Phi) is 3.37. The first-order chi connectivity index (χ1) is 9.61. The van der Waals surface area contributed by atoms with E-state index in [1.54, 1.807) is 6.07 Å². The molecule has 0 saturated heterocycles. The Hall–Kier alpha value is -1.63. The molecule has 0 fully saturated rings. The summed E-state index contributed by atoms with van der Waals surface area (Å²) in [5.74, 6) is 0. The summed E-state index contributed by atoms with van der Waals surface area (Å²) in [6, 6.07) is 9.58. The van der Waals surface area contributed by atoms with Gasteiger partial charge in [-0.25, -0.2) is 8.42 Å². The quantitative estimate of drug-likeness (QED) is 0.892. The zero-order chi connectivity index (χ0) is 14.2. The zero-order valence-corrected chi connectivity index (χ0v) is 11.9. The number of aromatic amines is 1. The molecule has 0 atom stereocenters. The molecule has 2 aromatic rings. The van der Waals surface area contributed by atoms with Gasteiger partial charge in [0.2, 0.25) is 10.0 Å². The molecule has 2 heterocycles. The van der Waals surface area contributed by atoms with E-state index in [-0.39, 0.29) is 4.90 Å². The fraction of sp³-hybridized carbons (Fsp3) is 0.286. The fourth-order valence-electron chi connectivity index (χ4n) is 2.51. The molecule has 5 nitrogen and oxygen atoms in total. The van der Waals surface area contributed by atoms with E-state index in [4.69, 9.17) is 5.73 Å². The summed E-state index contributed by atoms with van der Waals surface area (Å²) in [5, 5.41) is 0. The molecule has 3 rings (SSSR count). The number of aromatic nitrogens is 1. The number of sulfonamides is 1. The molecule has 0 bridgehead atoms. The van der Waals surface area contributed by atoms with Crippen LogP contribution in [0.1, 0.15) is 16.8 Å². The van der Waals surface area contributed by atoms with Crippen molar-refractivity contribution in [3.05, 3.63) is 53.3 Å². The number of fused-ring (bicyclic) bond motifs is 1. The number of benzene rings is 1. The number of rotatable bonds is 3. The maximum Gasteiger partial charge on any atom is 0.244 e. The summed E-state index contributed by atoms with van der Waals surface area (Å²) < 4.78 is 26.7. The van der Waals surface area contributed by atoms with Crippen molar-refractivity contribution in [2.24, 2.45) is 5.73 Å². The highest BCUT2D eigenvalue weighted by Crippen LogP contribution is 2.25. The van der Waals surface area contributed by atoms with E-state index in [0.717, 1.165) is 17.7 Å². The molecule has 0 unspecified atom stereocenters. The van der Waals surface area contributed by atoms with Crippen LogP contribution in [0.15, 0.2) is 41.4 Å². The second-order valence-electron chi connectivity index (χ2n) is 4.92. The van der Waals surface area contributed by atoms with Gasteiger partial charge in [-0.1, -0.05) is 24.3 Å². The van der Waals surface area contributed by atoms with Crippen molar-refractivity contribution < 1.29 is 8.42 Å². The standard InChI is InChI=1S/C14H17N3O2S/c15-8-13-7-14(9-16-13)20(18,19)17-6-5-11-3-1-2-4-12(11)10-17/h1-4,7,9,16H,5-6,8,10,15H2. The molecule has 1 aliphatic rings. The second kappa shape index (κ2) is 5.05. The molecule has 0 radical (unpaired) electrons. The van der Waals surface area contributed by atoms with E-state index in [9.17, 15) is 8.42 Å². The van der Waals surface area contributed by atoms with Crippen LogP contribution in [0.2, 0.25) is 0 Å². The van der Waals surface area contributed by atoms with Crippen molar-refractivity contribution in [3.8, 4) is 0 Å². The van der Waals surface area contributed by atoms with Crippen LogP contribution >= 0.6 is 0 Å². The third-order valence-electron chi connectivity index (χ3n) is 3.67. The van der Waals surface area contributed by atoms with Gasteiger partial charge in [0.05, 0.1) is 4.90 Å². The number of H-pyrrole nitrogens is 1. The van der Waals surface area contributed by atoms with Gasteiger partial charge < -0.3 is 10.7 Å². The molecule has 0 saturated carbocycles. The van der Waals surface area contributed by atoms with E-state index in [0.29, 0.717) is 19.6 Å². The lowest BCUT2D eigenvalue weighted by molar-refractivity contribution is 0.391. The van der Waals surface area contributed by atoms with E-state index in [1.807, 2.05) is 18.2 Å². The van der Waals surface area contributed by atoms with Gasteiger partial charge in [-0.2, -0.15) is 4.31 Å². The van der Waals surface area contributed by atoms with Crippen molar-refractivity contribution in [1.29, 1.82) is 0 Å². The molecular formula is C14H17N3O2S. The van der Waals surface area contributed by atoms with Gasteiger partial charge in [-0.15, -0.1) is 0 Å². The fourth-order valence-corrected chi connectivity index (χ4v) is 3.95. The third kappa shape index (κ3) is 2.26. The topological polar surface area (TPSA) is 79.2 Å². The third-order valence-corrected chi connectivity index (χ3v) is 5.49. The lowest BCUT2D eigenvalue weighted by atomic mass is 10.0. The maximum atomic E-state index is 12.6. The Balaban J connectivity index is 1.90. The van der Waals surface area contributed by atoms with Crippen LogP contribution in [0.3, 0.4) is 0 Å². The van der Waals surface area contributed by atoms with E-state index in [2.05, 4.69) is 11.1 Å². The summed E-state index contributed by atoms with van der Waals surface area (Å²) >= 11 is 0. The molecule has 1 aromatic carbocycles. The van der Waals surface area contributed by atoms with Crippen molar-refractivity contribution in [2.75, 3.05) is 6.54 Å². The first kappa shape index (κ1) is 13.4. The number of nitrogens with two attached hydrogens (primary N) is 1. The van der Waals surface area contributed by atoms with Gasteiger partial charge >= 0.3 is 0 Å². The van der Waals surface area contributed by atoms with E-state index >= 15 is 0 Å². The Bertz CT molecular complexity index is 722. The molecule has 0 aliphatic carbocycles. The first-order valence-electron chi connectivity index (χ1n) is 6.55. The number of nitrogens with one attached hydrogen (secondary N) is 1. The molecule has 0 spiro atoms. The minimum Gasteiger partial charge on any atom is -0.363 e. The average Bonchev–Trinajstić information content (AvgIpc) is 2.96. The van der Waals surface area contributed by atoms with Gasteiger partial charge in [0.1, 0.15) is 0 Å². The lowest BCUT2D eigenvalue weighted by Gasteiger charge is -2.27. The van der Waals surface area contributed by atoms with Crippen LogP contribution in [0.4, 0.5) is 0 Å². The van der Waals surface area contributed by atoms with Crippen LogP contribution in [-0.4, -0.2) is 24.3 Å². The molecular weight excluding hydrogens is 274 g/mol. The minimum atomic E-state index is -3.45. The van der Waals surface area contributed by atoms with E-state index < -0.39 is 10.0 Å². The average molecular weight is 291 g/mol. The van der Waals surface area contributed by atoms with Gasteiger partial charge in [0.25, 0.3) is 0 Å². The molecule has 6 heteroatoms. The molecule has 0 amide bonds. The normalized spacial score (nSPS) is 16.1. The predicted molar refractivity (Wildman–Crippen MR) is 76.4 cm³/mol. The summed E-state index contributed by atoms with van der Waals surface area (Å²) in [4.78, 5) is 3.18. The van der Waals surface area contributed by atoms with Gasteiger partial charge in [-0.05, 0) is 23.6 Å². The maximum absolute atomic E-state index is 12.6.